The lowest BCUT2D eigenvalue weighted by atomic mass is 9.95. The highest BCUT2D eigenvalue weighted by atomic mass is 16.2. The first kappa shape index (κ1) is 13.9. The predicted octanol–water partition coefficient (Wildman–Crippen LogP) is 1.20. The van der Waals surface area contributed by atoms with Gasteiger partial charge in [-0.25, -0.2) is 0 Å². The maximum Gasteiger partial charge on any atom is 0.256 e. The Kier molecular flexibility index (Phi) is 2.98. The van der Waals surface area contributed by atoms with Gasteiger partial charge >= 0.3 is 0 Å². The lowest BCUT2D eigenvalue weighted by molar-refractivity contribution is -0.136. The van der Waals surface area contributed by atoms with Crippen LogP contribution in [0.1, 0.15) is 58.6 Å². The van der Waals surface area contributed by atoms with Crippen molar-refractivity contribution in [3.63, 3.8) is 0 Å². The van der Waals surface area contributed by atoms with Crippen molar-refractivity contribution in [1.29, 1.82) is 5.26 Å². The smallest absolute Gasteiger partial charge is 0.256 e. The molecule has 6 nitrogen and oxygen atoms in total. The van der Waals surface area contributed by atoms with Gasteiger partial charge < -0.3 is 4.90 Å². The van der Waals surface area contributed by atoms with E-state index in [1.165, 1.54) is 4.90 Å². The van der Waals surface area contributed by atoms with E-state index in [0.29, 0.717) is 30.0 Å². The monoisotopic (exact) mass is 309 g/mol. The number of carbonyl (C=O) groups excluding carboxylic acids is 3. The third kappa shape index (κ3) is 2.12. The van der Waals surface area contributed by atoms with Gasteiger partial charge in [-0.1, -0.05) is 12.1 Å². The van der Waals surface area contributed by atoms with Crippen molar-refractivity contribution >= 4 is 17.7 Å². The molecule has 1 aromatic carbocycles. The second kappa shape index (κ2) is 4.92. The molecule has 23 heavy (non-hydrogen) atoms. The molecule has 1 atom stereocenters. The van der Waals surface area contributed by atoms with Crippen molar-refractivity contribution in [3.05, 3.63) is 34.4 Å². The Morgan fingerprint density at radius 1 is 1.17 bits per heavy atom. The van der Waals surface area contributed by atoms with Crippen LogP contribution in [0, 0.1) is 11.3 Å². The van der Waals surface area contributed by atoms with Crippen LogP contribution in [-0.4, -0.2) is 28.7 Å². The van der Waals surface area contributed by atoms with Crippen LogP contribution in [0.15, 0.2) is 12.1 Å². The Morgan fingerprint density at radius 2 is 1.96 bits per heavy atom. The van der Waals surface area contributed by atoms with E-state index in [-0.39, 0.29) is 18.2 Å². The summed E-state index contributed by atoms with van der Waals surface area (Å²) in [6.07, 6.45) is 2.67. The van der Waals surface area contributed by atoms with Gasteiger partial charge in [-0.2, -0.15) is 5.26 Å². The molecule has 1 saturated carbocycles. The highest BCUT2D eigenvalue weighted by Gasteiger charge is 2.41. The third-order valence-corrected chi connectivity index (χ3v) is 4.85. The molecule has 3 amide bonds. The number of carbonyl (C=O) groups is 3. The predicted molar refractivity (Wildman–Crippen MR) is 79.2 cm³/mol. The van der Waals surface area contributed by atoms with Crippen molar-refractivity contribution in [1.82, 2.24) is 10.2 Å². The Balaban J connectivity index is 1.70. The Morgan fingerprint density at radius 3 is 2.61 bits per heavy atom. The fourth-order valence-corrected chi connectivity index (χ4v) is 3.52. The number of amides is 3. The number of fused-ring (bicyclic) bond motifs is 1. The minimum absolute atomic E-state index is 0.231. The second-order valence-electron chi connectivity index (χ2n) is 6.35. The van der Waals surface area contributed by atoms with Crippen LogP contribution in [-0.2, 0) is 16.1 Å². The molecule has 0 radical (unpaired) electrons. The van der Waals surface area contributed by atoms with Crippen LogP contribution in [0.5, 0.6) is 0 Å². The average Bonchev–Trinajstić information content (AvgIpc) is 3.32. The number of hydrogen-bond donors (Lipinski definition) is 1. The van der Waals surface area contributed by atoms with Gasteiger partial charge in [-0.15, -0.1) is 0 Å². The second-order valence-corrected chi connectivity index (χ2v) is 6.35. The third-order valence-electron chi connectivity index (χ3n) is 4.85. The first-order chi connectivity index (χ1) is 11.1. The number of nitrogens with one attached hydrogen (secondary N) is 1. The van der Waals surface area contributed by atoms with E-state index in [0.717, 1.165) is 24.0 Å². The molecule has 0 bridgehead atoms. The topological polar surface area (TPSA) is 90.3 Å². The Bertz CT molecular complexity index is 789. The zero-order valence-corrected chi connectivity index (χ0v) is 12.5. The van der Waals surface area contributed by atoms with Crippen molar-refractivity contribution in [3.8, 4) is 6.07 Å². The normalized spacial score (nSPS) is 23.5. The summed E-state index contributed by atoms with van der Waals surface area (Å²) in [6, 6.07) is 5.39. The minimum atomic E-state index is -0.636. The molecular weight excluding hydrogens is 294 g/mol. The average molecular weight is 309 g/mol. The number of imide groups is 1. The van der Waals surface area contributed by atoms with Crippen LogP contribution in [0.25, 0.3) is 0 Å². The van der Waals surface area contributed by atoms with Gasteiger partial charge in [0.25, 0.3) is 5.91 Å². The van der Waals surface area contributed by atoms with Crippen LogP contribution >= 0.6 is 0 Å². The standard InChI is InChI=1S/C17H15N3O3/c18-7-12-11(9-1-2-9)4-3-10-8-20(17(23)15(10)12)13-5-6-14(21)19-16(13)22/h3-4,9,13H,1-2,5-6,8H2,(H,19,21,22). The maximum atomic E-state index is 12.8. The van der Waals surface area contributed by atoms with Crippen LogP contribution < -0.4 is 5.32 Å². The first-order valence-electron chi connectivity index (χ1n) is 7.80. The summed E-state index contributed by atoms with van der Waals surface area (Å²) in [5, 5.41) is 11.8. The number of nitrogens with zero attached hydrogens (tertiary/aromatic N) is 2. The highest BCUT2D eigenvalue weighted by Crippen LogP contribution is 2.44. The van der Waals surface area contributed by atoms with Crippen molar-refractivity contribution in [2.24, 2.45) is 0 Å². The Hall–Kier alpha value is -2.68. The zero-order chi connectivity index (χ0) is 16.1. The molecule has 1 N–H and O–H groups in total. The van der Waals surface area contributed by atoms with E-state index in [9.17, 15) is 19.6 Å². The van der Waals surface area contributed by atoms with Gasteiger partial charge in [0, 0.05) is 13.0 Å². The quantitative estimate of drug-likeness (QED) is 0.831. The van der Waals surface area contributed by atoms with Gasteiger partial charge in [-0.05, 0) is 36.3 Å². The van der Waals surface area contributed by atoms with E-state index in [2.05, 4.69) is 11.4 Å². The maximum absolute atomic E-state index is 12.8. The summed E-state index contributed by atoms with van der Waals surface area (Å²) < 4.78 is 0. The largest absolute Gasteiger partial charge is 0.322 e. The molecule has 3 aliphatic rings. The van der Waals surface area contributed by atoms with E-state index in [1.54, 1.807) is 0 Å². The van der Waals surface area contributed by atoms with Crippen LogP contribution in [0.2, 0.25) is 0 Å². The van der Waals surface area contributed by atoms with Crippen molar-refractivity contribution in [2.45, 2.75) is 44.2 Å². The Labute approximate surface area is 133 Å². The summed E-state index contributed by atoms with van der Waals surface area (Å²) in [4.78, 5) is 37.6. The molecular formula is C17H15N3O3. The lowest BCUT2D eigenvalue weighted by Crippen LogP contribution is -2.52. The molecule has 1 saturated heterocycles. The SMILES string of the molecule is N#Cc1c(C2CC2)ccc2c1C(=O)N(C1CCC(=O)NC1=O)C2. The number of nitriles is 1. The summed E-state index contributed by atoms with van der Waals surface area (Å²) in [5.74, 6) is -0.617. The van der Waals surface area contributed by atoms with E-state index in [4.69, 9.17) is 0 Å². The molecule has 1 unspecified atom stereocenters. The number of benzene rings is 1. The molecule has 2 aliphatic heterocycles. The number of hydrogen-bond acceptors (Lipinski definition) is 4. The van der Waals surface area contributed by atoms with Gasteiger partial charge in [0.05, 0.1) is 11.1 Å². The van der Waals surface area contributed by atoms with E-state index < -0.39 is 11.9 Å². The first-order valence-corrected chi connectivity index (χ1v) is 7.80. The molecule has 1 aliphatic carbocycles. The van der Waals surface area contributed by atoms with Crippen molar-refractivity contribution < 1.29 is 14.4 Å². The summed E-state index contributed by atoms with van der Waals surface area (Å²) >= 11 is 0. The molecule has 0 aromatic heterocycles. The van der Waals surface area contributed by atoms with Gasteiger partial charge in [0.15, 0.2) is 0 Å². The van der Waals surface area contributed by atoms with Crippen molar-refractivity contribution in [2.75, 3.05) is 0 Å². The minimum Gasteiger partial charge on any atom is -0.322 e. The van der Waals surface area contributed by atoms with E-state index in [1.807, 2.05) is 12.1 Å². The van der Waals surface area contributed by atoms with Gasteiger partial charge in [0.2, 0.25) is 11.8 Å². The summed E-state index contributed by atoms with van der Waals surface area (Å²) in [6.45, 7) is 0.320. The molecule has 2 fully saturated rings. The summed E-state index contributed by atoms with van der Waals surface area (Å²) in [5.41, 5.74) is 2.65. The van der Waals surface area contributed by atoms with E-state index >= 15 is 0 Å². The highest BCUT2D eigenvalue weighted by molar-refractivity contribution is 6.06. The molecule has 0 spiro atoms. The fourth-order valence-electron chi connectivity index (χ4n) is 3.52. The van der Waals surface area contributed by atoms with Gasteiger partial charge in [-0.3, -0.25) is 19.7 Å². The fraction of sp³-hybridized carbons (Fsp3) is 0.412. The molecule has 1 aromatic rings. The molecule has 116 valence electrons. The molecule has 4 rings (SSSR count). The van der Waals surface area contributed by atoms with Gasteiger partial charge in [0.1, 0.15) is 12.1 Å². The number of rotatable bonds is 2. The molecule has 6 heteroatoms. The van der Waals surface area contributed by atoms with Crippen LogP contribution in [0.3, 0.4) is 0 Å². The lowest BCUT2D eigenvalue weighted by Gasteiger charge is -2.29. The molecule has 2 heterocycles. The summed E-state index contributed by atoms with van der Waals surface area (Å²) in [7, 11) is 0. The zero-order valence-electron chi connectivity index (χ0n) is 12.5. The van der Waals surface area contributed by atoms with Crippen LogP contribution in [0.4, 0.5) is 0 Å². The number of piperidine rings is 1.